The van der Waals surface area contributed by atoms with Crippen molar-refractivity contribution in [1.29, 1.82) is 0 Å². The molecule has 8 nitrogen and oxygen atoms in total. The second kappa shape index (κ2) is 8.84. The highest BCUT2D eigenvalue weighted by Crippen LogP contribution is 2.64. The summed E-state index contributed by atoms with van der Waals surface area (Å²) in [5.41, 5.74) is -2.33. The van der Waals surface area contributed by atoms with E-state index in [2.05, 4.69) is 19.2 Å². The van der Waals surface area contributed by atoms with Crippen LogP contribution in [-0.2, 0) is 30.2 Å². The molecule has 1 spiro atoms. The topological polar surface area (TPSA) is 114 Å². The normalized spacial score (nSPS) is 44.9. The maximum atomic E-state index is 13.8. The number of carbonyl (C=O) groups excluding carboxylic acids is 3. The molecule has 4 fully saturated rings. The third-order valence-electron chi connectivity index (χ3n) is 9.34. The van der Waals surface area contributed by atoms with Crippen LogP contribution in [0.4, 0.5) is 4.79 Å². The van der Waals surface area contributed by atoms with Gasteiger partial charge in [-0.2, -0.15) is 0 Å². The predicted molar refractivity (Wildman–Crippen MR) is 130 cm³/mol. The van der Waals surface area contributed by atoms with E-state index in [1.54, 1.807) is 0 Å². The number of ether oxygens (including phenoxy) is 3. The van der Waals surface area contributed by atoms with Crippen molar-refractivity contribution < 1.29 is 33.7 Å². The van der Waals surface area contributed by atoms with Crippen LogP contribution >= 0.6 is 0 Å². The van der Waals surface area contributed by atoms with Crippen molar-refractivity contribution in [2.75, 3.05) is 6.61 Å². The lowest BCUT2D eigenvalue weighted by Crippen LogP contribution is -2.62. The molecule has 9 atom stereocenters. The van der Waals surface area contributed by atoms with E-state index < -0.39 is 23.0 Å². The average Bonchev–Trinajstić information content (AvgIpc) is 3.45. The van der Waals surface area contributed by atoms with E-state index in [1.165, 1.54) is 6.92 Å². The number of benzene rings is 1. The van der Waals surface area contributed by atoms with Crippen LogP contribution in [-0.4, -0.2) is 58.5 Å². The largest absolute Gasteiger partial charge is 0.509 e. The molecule has 3 aliphatic heterocycles. The van der Waals surface area contributed by atoms with E-state index in [-0.39, 0.29) is 60.5 Å². The molecule has 0 bridgehead atoms. The third kappa shape index (κ3) is 3.93. The summed E-state index contributed by atoms with van der Waals surface area (Å²) in [5, 5.41) is 13.9. The molecular weight excluding hydrogens is 462 g/mol. The summed E-state index contributed by atoms with van der Waals surface area (Å²) in [6.07, 6.45) is 1.17. The Morgan fingerprint density at radius 1 is 1.08 bits per heavy atom. The van der Waals surface area contributed by atoms with Gasteiger partial charge in [0.05, 0.1) is 18.3 Å². The van der Waals surface area contributed by atoms with Gasteiger partial charge < -0.3 is 24.6 Å². The van der Waals surface area contributed by atoms with E-state index in [0.29, 0.717) is 25.7 Å². The summed E-state index contributed by atoms with van der Waals surface area (Å²) in [7, 11) is 0. The van der Waals surface area contributed by atoms with Crippen LogP contribution in [0.1, 0.15) is 58.9 Å². The number of ketones is 1. The molecule has 8 heteroatoms. The molecule has 1 aromatic rings. The van der Waals surface area contributed by atoms with Crippen LogP contribution in [0.15, 0.2) is 30.3 Å². The minimum absolute atomic E-state index is 0.0336. The van der Waals surface area contributed by atoms with E-state index in [4.69, 9.17) is 14.2 Å². The zero-order valence-electron chi connectivity index (χ0n) is 21.5. The molecule has 1 amide bonds. The van der Waals surface area contributed by atoms with Gasteiger partial charge in [0, 0.05) is 30.2 Å². The number of Topliss-reactive ketones (excluding diaryl/α,β-unsaturated/α-hetero) is 1. The molecule has 0 unspecified atom stereocenters. The lowest BCUT2D eigenvalue weighted by atomic mass is 9.58. The van der Waals surface area contributed by atoms with E-state index >= 15 is 0 Å². The van der Waals surface area contributed by atoms with Crippen molar-refractivity contribution in [1.82, 2.24) is 5.32 Å². The molecule has 36 heavy (non-hydrogen) atoms. The molecule has 3 heterocycles. The SMILES string of the molecule is C[C@H]1CCC[C@H]2[C@@H]3O[C@]3(C)[C@@H](C)[C@H]3[C@H](Cc4ccccc4)NC(=O)[C@]32OC(=O)OCC[C@@](C)(O)C1=O. The molecule has 4 aliphatic rings. The first-order valence-electron chi connectivity index (χ1n) is 13.2. The van der Waals surface area contributed by atoms with Gasteiger partial charge in [-0.25, -0.2) is 4.79 Å². The summed E-state index contributed by atoms with van der Waals surface area (Å²) in [6, 6.07) is 9.73. The van der Waals surface area contributed by atoms with E-state index in [9.17, 15) is 19.5 Å². The number of hydrogen-bond donors (Lipinski definition) is 2. The summed E-state index contributed by atoms with van der Waals surface area (Å²) in [6.45, 7) is 7.25. The van der Waals surface area contributed by atoms with Gasteiger partial charge in [0.15, 0.2) is 5.78 Å². The molecule has 1 aromatic carbocycles. The van der Waals surface area contributed by atoms with Gasteiger partial charge in [-0.05, 0) is 44.6 Å². The molecule has 1 saturated carbocycles. The van der Waals surface area contributed by atoms with Gasteiger partial charge in [-0.15, -0.1) is 0 Å². The standard InChI is InChI=1S/C28H37NO7/c1-16-9-8-12-19-23-27(4,35-23)17(2)21-20(15-18-10-6-5-7-11-18)29-24(31)28(19,21)36-25(32)34-14-13-26(3,33)22(16)30/h5-7,10-11,16-17,19-21,23,33H,8-9,12-15H2,1-4H3,(H,29,31)/t16-,17-,19-,20-,21-,23-,26+,27+,28+/m0/s1. The van der Waals surface area contributed by atoms with Crippen LogP contribution in [0, 0.1) is 23.7 Å². The van der Waals surface area contributed by atoms with Crippen LogP contribution in [0.2, 0.25) is 0 Å². The first-order valence-corrected chi connectivity index (χ1v) is 13.2. The van der Waals surface area contributed by atoms with Gasteiger partial charge in [0.1, 0.15) is 5.60 Å². The van der Waals surface area contributed by atoms with Crippen LogP contribution in [0.3, 0.4) is 0 Å². The molecule has 3 saturated heterocycles. The highest BCUT2D eigenvalue weighted by atomic mass is 16.7. The highest BCUT2D eigenvalue weighted by molar-refractivity contribution is 5.91. The first-order chi connectivity index (χ1) is 17.0. The summed E-state index contributed by atoms with van der Waals surface area (Å²) in [5.74, 6) is -1.64. The number of rotatable bonds is 2. The number of fused-ring (bicyclic) bond motifs is 2. The van der Waals surface area contributed by atoms with E-state index in [1.807, 2.05) is 37.3 Å². The van der Waals surface area contributed by atoms with Crippen molar-refractivity contribution in [2.24, 2.45) is 23.7 Å². The van der Waals surface area contributed by atoms with Crippen molar-refractivity contribution in [2.45, 2.75) is 88.7 Å². The Morgan fingerprint density at radius 3 is 2.53 bits per heavy atom. The van der Waals surface area contributed by atoms with Crippen LogP contribution < -0.4 is 5.32 Å². The minimum Gasteiger partial charge on any atom is -0.434 e. The van der Waals surface area contributed by atoms with E-state index in [0.717, 1.165) is 5.56 Å². The van der Waals surface area contributed by atoms with Gasteiger partial charge in [0.2, 0.25) is 5.60 Å². The average molecular weight is 500 g/mol. The molecule has 5 rings (SSSR count). The third-order valence-corrected chi connectivity index (χ3v) is 9.34. The number of amides is 1. The molecule has 196 valence electrons. The molecule has 0 radical (unpaired) electrons. The minimum atomic E-state index is -1.60. The van der Waals surface area contributed by atoms with Crippen LogP contribution in [0.25, 0.3) is 0 Å². The Balaban J connectivity index is 1.52. The number of nitrogens with one attached hydrogen (secondary N) is 1. The van der Waals surface area contributed by atoms with Gasteiger partial charge in [-0.3, -0.25) is 9.59 Å². The fraction of sp³-hybridized carbons (Fsp3) is 0.679. The number of hydrogen-bond acceptors (Lipinski definition) is 7. The second-order valence-electron chi connectivity index (χ2n) is 11.6. The zero-order chi connectivity index (χ0) is 25.9. The number of cyclic esters (lactones) is 1. The second-order valence-corrected chi connectivity index (χ2v) is 11.6. The smallest absolute Gasteiger partial charge is 0.434 e. The number of epoxide rings is 1. The summed E-state index contributed by atoms with van der Waals surface area (Å²) < 4.78 is 17.7. The number of aliphatic hydroxyl groups is 1. The Hall–Kier alpha value is -2.45. The first kappa shape index (κ1) is 25.2. The fourth-order valence-electron chi connectivity index (χ4n) is 7.16. The quantitative estimate of drug-likeness (QED) is 0.474. The van der Waals surface area contributed by atoms with Crippen molar-refractivity contribution in [3.05, 3.63) is 35.9 Å². The van der Waals surface area contributed by atoms with Gasteiger partial charge >= 0.3 is 6.16 Å². The van der Waals surface area contributed by atoms with Crippen molar-refractivity contribution in [3.8, 4) is 0 Å². The predicted octanol–water partition coefficient (Wildman–Crippen LogP) is 3.19. The Kier molecular flexibility index (Phi) is 6.19. The highest BCUT2D eigenvalue weighted by Gasteiger charge is 2.78. The number of carbonyl (C=O) groups is 3. The monoisotopic (exact) mass is 499 g/mol. The maximum Gasteiger partial charge on any atom is 0.509 e. The molecule has 0 aromatic heterocycles. The van der Waals surface area contributed by atoms with Crippen LogP contribution in [0.5, 0.6) is 0 Å². The maximum absolute atomic E-state index is 13.8. The Morgan fingerprint density at radius 2 is 1.81 bits per heavy atom. The lowest BCUT2D eigenvalue weighted by Gasteiger charge is -2.46. The summed E-state index contributed by atoms with van der Waals surface area (Å²) >= 11 is 0. The van der Waals surface area contributed by atoms with Crippen molar-refractivity contribution >= 4 is 17.8 Å². The lowest BCUT2D eigenvalue weighted by molar-refractivity contribution is -0.159. The zero-order valence-corrected chi connectivity index (χ0v) is 21.5. The van der Waals surface area contributed by atoms with Gasteiger partial charge in [0.25, 0.3) is 5.91 Å². The Bertz CT molecular complexity index is 1040. The summed E-state index contributed by atoms with van der Waals surface area (Å²) in [4.78, 5) is 39.7. The van der Waals surface area contributed by atoms with Gasteiger partial charge in [-0.1, -0.05) is 50.6 Å². The fourth-order valence-corrected chi connectivity index (χ4v) is 7.16. The molecule has 1 aliphatic carbocycles. The molecule has 2 N–H and O–H groups in total. The Labute approximate surface area is 212 Å². The molecular formula is C28H37NO7. The van der Waals surface area contributed by atoms with Crippen molar-refractivity contribution in [3.63, 3.8) is 0 Å².